The second-order valence-electron chi connectivity index (χ2n) is 4.77. The van der Waals surface area contributed by atoms with E-state index in [9.17, 15) is 0 Å². The van der Waals surface area contributed by atoms with Gasteiger partial charge in [0, 0.05) is 13.1 Å². The summed E-state index contributed by atoms with van der Waals surface area (Å²) in [6.45, 7) is 1.72. The highest BCUT2D eigenvalue weighted by Crippen LogP contribution is 2.07. The van der Waals surface area contributed by atoms with Crippen molar-refractivity contribution in [3.63, 3.8) is 0 Å². The Kier molecular flexibility index (Phi) is 4.74. The van der Waals surface area contributed by atoms with Crippen LogP contribution in [0.4, 0.5) is 0 Å². The van der Waals surface area contributed by atoms with Gasteiger partial charge in [-0.05, 0) is 23.6 Å². The molecule has 0 bridgehead atoms. The molecule has 0 aliphatic heterocycles. The van der Waals surface area contributed by atoms with Crippen LogP contribution < -0.4 is 5.46 Å². The van der Waals surface area contributed by atoms with Crippen LogP contribution >= 0.6 is 0 Å². The highest BCUT2D eigenvalue weighted by Gasteiger charge is 2.10. The highest BCUT2D eigenvalue weighted by molar-refractivity contribution is 6.58. The lowest BCUT2D eigenvalue weighted by Gasteiger charge is -2.17. The van der Waals surface area contributed by atoms with E-state index in [0.29, 0.717) is 5.46 Å². The van der Waals surface area contributed by atoms with Gasteiger partial charge in [-0.2, -0.15) is 0 Å². The molecule has 0 saturated heterocycles. The number of nitrogens with zero attached hydrogens (tertiary/aromatic N) is 1. The third kappa shape index (κ3) is 4.21. The molecule has 19 heavy (non-hydrogen) atoms. The van der Waals surface area contributed by atoms with Gasteiger partial charge in [-0.3, -0.25) is 4.90 Å². The van der Waals surface area contributed by atoms with Crippen LogP contribution in [0.3, 0.4) is 0 Å². The molecule has 0 aliphatic rings. The first-order valence-electron chi connectivity index (χ1n) is 6.32. The van der Waals surface area contributed by atoms with Gasteiger partial charge in [-0.25, -0.2) is 0 Å². The SMILES string of the molecule is CN(Cc1ccccc1)Cc1ccc(B(O)O)cc1. The molecule has 0 amide bonds. The predicted octanol–water partition coefficient (Wildman–Crippen LogP) is 0.998. The Morgan fingerprint density at radius 3 is 1.89 bits per heavy atom. The molecule has 98 valence electrons. The fourth-order valence-corrected chi connectivity index (χ4v) is 2.06. The van der Waals surface area contributed by atoms with Crippen molar-refractivity contribution in [1.29, 1.82) is 0 Å². The van der Waals surface area contributed by atoms with E-state index in [1.165, 1.54) is 5.56 Å². The molecule has 0 aromatic heterocycles. The second kappa shape index (κ2) is 6.52. The summed E-state index contributed by atoms with van der Waals surface area (Å²) in [5.41, 5.74) is 2.96. The fourth-order valence-electron chi connectivity index (χ4n) is 2.06. The van der Waals surface area contributed by atoms with Gasteiger partial charge < -0.3 is 10.0 Å². The van der Waals surface area contributed by atoms with Gasteiger partial charge in [0.2, 0.25) is 0 Å². The molecule has 0 spiro atoms. The van der Waals surface area contributed by atoms with E-state index in [-0.39, 0.29) is 0 Å². The van der Waals surface area contributed by atoms with Crippen molar-refractivity contribution in [3.05, 3.63) is 65.7 Å². The summed E-state index contributed by atoms with van der Waals surface area (Å²) in [7, 11) is 0.679. The van der Waals surface area contributed by atoms with Gasteiger partial charge >= 0.3 is 7.12 Å². The Labute approximate surface area is 114 Å². The number of hydrogen-bond donors (Lipinski definition) is 2. The Bertz CT molecular complexity index is 499. The van der Waals surface area contributed by atoms with Crippen LogP contribution in [0, 0.1) is 0 Å². The largest absolute Gasteiger partial charge is 0.488 e. The van der Waals surface area contributed by atoms with Gasteiger partial charge in [0.25, 0.3) is 0 Å². The molecule has 2 aromatic rings. The molecular weight excluding hydrogens is 237 g/mol. The zero-order valence-corrected chi connectivity index (χ0v) is 11.0. The minimum absolute atomic E-state index is 0.523. The Morgan fingerprint density at radius 1 is 0.842 bits per heavy atom. The van der Waals surface area contributed by atoms with Gasteiger partial charge in [0.15, 0.2) is 0 Å². The van der Waals surface area contributed by atoms with Crippen LogP contribution in [0.15, 0.2) is 54.6 Å². The highest BCUT2D eigenvalue weighted by atomic mass is 16.4. The zero-order chi connectivity index (χ0) is 13.7. The van der Waals surface area contributed by atoms with E-state index >= 15 is 0 Å². The molecule has 0 unspecified atom stereocenters. The average Bonchev–Trinajstić information content (AvgIpc) is 2.40. The first-order valence-corrected chi connectivity index (χ1v) is 6.32. The lowest BCUT2D eigenvalue weighted by molar-refractivity contribution is 0.319. The maximum Gasteiger partial charge on any atom is 0.488 e. The van der Waals surface area contributed by atoms with Crippen LogP contribution in [0.5, 0.6) is 0 Å². The normalized spacial score (nSPS) is 10.7. The van der Waals surface area contributed by atoms with E-state index in [1.54, 1.807) is 12.1 Å². The standard InChI is InChI=1S/C15H18BNO2/c1-17(11-13-5-3-2-4-6-13)12-14-7-9-15(10-8-14)16(18)19/h2-10,18-19H,11-12H2,1H3. The van der Waals surface area contributed by atoms with Crippen LogP contribution in [0.2, 0.25) is 0 Å². The minimum Gasteiger partial charge on any atom is -0.423 e. The third-order valence-electron chi connectivity index (χ3n) is 3.03. The summed E-state index contributed by atoms with van der Waals surface area (Å²) < 4.78 is 0. The molecule has 0 atom stereocenters. The molecule has 2 aromatic carbocycles. The van der Waals surface area contributed by atoms with E-state index < -0.39 is 7.12 Å². The van der Waals surface area contributed by atoms with Crippen LogP contribution in [0.25, 0.3) is 0 Å². The molecule has 2 N–H and O–H groups in total. The van der Waals surface area contributed by atoms with Crippen molar-refractivity contribution in [3.8, 4) is 0 Å². The molecule has 3 nitrogen and oxygen atoms in total. The van der Waals surface area contributed by atoms with Gasteiger partial charge in [0.05, 0.1) is 0 Å². The van der Waals surface area contributed by atoms with Crippen LogP contribution in [-0.4, -0.2) is 29.1 Å². The minimum atomic E-state index is -1.39. The van der Waals surface area contributed by atoms with Gasteiger partial charge in [-0.15, -0.1) is 0 Å². The van der Waals surface area contributed by atoms with Gasteiger partial charge in [-0.1, -0.05) is 54.6 Å². The zero-order valence-electron chi connectivity index (χ0n) is 11.0. The monoisotopic (exact) mass is 255 g/mol. The maximum atomic E-state index is 9.04. The number of benzene rings is 2. The van der Waals surface area contributed by atoms with Crippen molar-refractivity contribution in [2.75, 3.05) is 7.05 Å². The van der Waals surface area contributed by atoms with E-state index in [0.717, 1.165) is 18.7 Å². The Balaban J connectivity index is 1.93. The molecule has 0 saturated carbocycles. The van der Waals surface area contributed by atoms with Crippen LogP contribution in [-0.2, 0) is 13.1 Å². The van der Waals surface area contributed by atoms with E-state index in [4.69, 9.17) is 10.0 Å². The van der Waals surface area contributed by atoms with Gasteiger partial charge in [0.1, 0.15) is 0 Å². The van der Waals surface area contributed by atoms with Crippen molar-refractivity contribution < 1.29 is 10.0 Å². The number of rotatable bonds is 5. The molecule has 0 heterocycles. The first kappa shape index (κ1) is 13.8. The summed E-state index contributed by atoms with van der Waals surface area (Å²) in [4.78, 5) is 2.22. The Hall–Kier alpha value is -1.62. The first-order chi connectivity index (χ1) is 9.15. The third-order valence-corrected chi connectivity index (χ3v) is 3.03. The van der Waals surface area contributed by atoms with Crippen molar-refractivity contribution in [1.82, 2.24) is 4.90 Å². The summed E-state index contributed by atoms with van der Waals surface area (Å²) >= 11 is 0. The molecule has 0 aliphatic carbocycles. The lowest BCUT2D eigenvalue weighted by Crippen LogP contribution is -2.29. The molecular formula is C15H18BNO2. The van der Waals surface area contributed by atoms with E-state index in [1.807, 2.05) is 30.3 Å². The smallest absolute Gasteiger partial charge is 0.423 e. The topological polar surface area (TPSA) is 43.7 Å². The summed E-state index contributed by atoms with van der Waals surface area (Å²) in [6.07, 6.45) is 0. The van der Waals surface area contributed by atoms with Crippen molar-refractivity contribution in [2.45, 2.75) is 13.1 Å². The van der Waals surface area contributed by atoms with Crippen LogP contribution in [0.1, 0.15) is 11.1 Å². The average molecular weight is 255 g/mol. The predicted molar refractivity (Wildman–Crippen MR) is 77.9 cm³/mol. The van der Waals surface area contributed by atoms with Crippen molar-refractivity contribution in [2.24, 2.45) is 0 Å². The molecule has 4 heteroatoms. The lowest BCUT2D eigenvalue weighted by atomic mass is 9.80. The summed E-state index contributed by atoms with van der Waals surface area (Å²) in [6, 6.07) is 17.7. The summed E-state index contributed by atoms with van der Waals surface area (Å²) in [5, 5.41) is 18.1. The summed E-state index contributed by atoms with van der Waals surface area (Å²) in [5.74, 6) is 0. The number of hydrogen-bond acceptors (Lipinski definition) is 3. The fraction of sp³-hybridized carbons (Fsp3) is 0.200. The quantitative estimate of drug-likeness (QED) is 0.783. The molecule has 2 rings (SSSR count). The second-order valence-corrected chi connectivity index (χ2v) is 4.77. The van der Waals surface area contributed by atoms with E-state index in [2.05, 4.69) is 24.1 Å². The maximum absolute atomic E-state index is 9.04. The molecule has 0 radical (unpaired) electrons. The van der Waals surface area contributed by atoms with Crippen molar-refractivity contribution >= 4 is 12.6 Å². The Morgan fingerprint density at radius 2 is 1.37 bits per heavy atom. The molecule has 0 fully saturated rings.